The van der Waals surface area contributed by atoms with E-state index in [4.69, 9.17) is 4.65 Å². The number of hydrogen-bond donors (Lipinski definition) is 2. The van der Waals surface area contributed by atoms with Gasteiger partial charge in [0.25, 0.3) is 0 Å². The molecule has 206 valence electrons. The lowest BCUT2D eigenvalue weighted by molar-refractivity contribution is -0.0982. The van der Waals surface area contributed by atoms with Crippen LogP contribution in [0.3, 0.4) is 0 Å². The van der Waals surface area contributed by atoms with Crippen LogP contribution in [0.4, 0.5) is 17.1 Å². The summed E-state index contributed by atoms with van der Waals surface area (Å²) in [6.07, 6.45) is 0. The number of nitrogens with zero attached hydrogens (tertiary/aromatic N) is 1. The summed E-state index contributed by atoms with van der Waals surface area (Å²) in [5.41, 5.74) is 6.00. The average Bonchev–Trinajstić information content (AvgIpc) is 2.98. The van der Waals surface area contributed by atoms with Crippen LogP contribution in [-0.4, -0.2) is 28.5 Å². The van der Waals surface area contributed by atoms with Gasteiger partial charge in [0.2, 0.25) is 0 Å². The molecule has 0 amide bonds. The maximum Gasteiger partial charge on any atom is 0.491 e. The minimum atomic E-state index is -1.19. The molecule has 0 aromatic heterocycles. The quantitative estimate of drug-likeness (QED) is 0.188. The number of rotatable bonds is 9. The molecule has 0 spiro atoms. The lowest BCUT2D eigenvalue weighted by Gasteiger charge is -2.38. The van der Waals surface area contributed by atoms with Gasteiger partial charge in [0.15, 0.2) is 0 Å². The van der Waals surface area contributed by atoms with Crippen LogP contribution in [0.15, 0.2) is 133 Å². The summed E-state index contributed by atoms with van der Waals surface area (Å²) in [5, 5.41) is 21.4. The summed E-state index contributed by atoms with van der Waals surface area (Å²) in [4.78, 5) is 2.27. The summed E-state index contributed by atoms with van der Waals surface area (Å²) in [5.74, 6) is 0. The monoisotopic (exact) mass is 541 g/mol. The Balaban J connectivity index is 1.63. The molecule has 5 heteroatoms. The number of anilines is 3. The molecule has 5 aromatic rings. The lowest BCUT2D eigenvalue weighted by Crippen LogP contribution is -2.53. The highest BCUT2D eigenvalue weighted by atomic mass is 16.5. The van der Waals surface area contributed by atoms with Gasteiger partial charge in [-0.1, -0.05) is 109 Å². The van der Waals surface area contributed by atoms with Crippen molar-refractivity contribution in [2.75, 3.05) is 4.90 Å². The van der Waals surface area contributed by atoms with Crippen molar-refractivity contribution in [1.29, 1.82) is 0 Å². The first-order chi connectivity index (χ1) is 19.7. The van der Waals surface area contributed by atoms with Gasteiger partial charge in [-0.3, -0.25) is 0 Å². The van der Waals surface area contributed by atoms with Gasteiger partial charge in [-0.25, -0.2) is 0 Å². The lowest BCUT2D eigenvalue weighted by atomic mass is 9.76. The summed E-state index contributed by atoms with van der Waals surface area (Å²) in [6, 6.07) is 45.4. The van der Waals surface area contributed by atoms with Crippen LogP contribution in [0.2, 0.25) is 0 Å². The van der Waals surface area contributed by atoms with Gasteiger partial charge < -0.3 is 19.7 Å². The van der Waals surface area contributed by atoms with E-state index in [1.807, 2.05) is 36.4 Å². The predicted octanol–water partition coefficient (Wildman–Crippen LogP) is 7.74. The number of benzene rings is 5. The molecule has 0 aliphatic heterocycles. The van der Waals surface area contributed by atoms with E-state index in [2.05, 4.69) is 102 Å². The zero-order valence-electron chi connectivity index (χ0n) is 24.0. The van der Waals surface area contributed by atoms with Gasteiger partial charge in [0.05, 0.1) is 22.6 Å². The van der Waals surface area contributed by atoms with Gasteiger partial charge in [0.1, 0.15) is 0 Å². The second-order valence-electron chi connectivity index (χ2n) is 11.2. The predicted molar refractivity (Wildman–Crippen MR) is 171 cm³/mol. The van der Waals surface area contributed by atoms with Crippen molar-refractivity contribution >= 4 is 29.6 Å². The first-order valence-corrected chi connectivity index (χ1v) is 13.9. The fourth-order valence-electron chi connectivity index (χ4n) is 4.75. The smallest absolute Gasteiger partial charge is 0.423 e. The normalized spacial score (nSPS) is 11.8. The van der Waals surface area contributed by atoms with Crippen LogP contribution in [0, 0.1) is 0 Å². The maximum absolute atomic E-state index is 10.9. The molecule has 0 unspecified atom stereocenters. The first kappa shape index (κ1) is 28.4. The molecule has 0 aliphatic rings. The van der Waals surface area contributed by atoms with E-state index >= 15 is 0 Å². The number of para-hydroxylation sites is 2. The van der Waals surface area contributed by atoms with Gasteiger partial charge in [-0.15, -0.1) is 0 Å². The minimum Gasteiger partial charge on any atom is -0.423 e. The van der Waals surface area contributed by atoms with E-state index in [0.717, 1.165) is 39.3 Å². The van der Waals surface area contributed by atoms with Crippen LogP contribution < -0.4 is 10.4 Å². The summed E-state index contributed by atoms with van der Waals surface area (Å²) < 4.78 is 5.90. The Morgan fingerprint density at radius 3 is 1.41 bits per heavy atom. The molecule has 0 fully saturated rings. The Labute approximate surface area is 243 Å². The summed E-state index contributed by atoms with van der Waals surface area (Å²) >= 11 is 0. The zero-order chi connectivity index (χ0) is 29.0. The largest absolute Gasteiger partial charge is 0.491 e. The van der Waals surface area contributed by atoms with Crippen molar-refractivity contribution < 1.29 is 14.8 Å². The van der Waals surface area contributed by atoms with Crippen LogP contribution in [0.25, 0.3) is 22.3 Å². The van der Waals surface area contributed by atoms with Crippen molar-refractivity contribution in [3.8, 4) is 22.3 Å². The van der Waals surface area contributed by atoms with Crippen molar-refractivity contribution in [3.05, 3.63) is 133 Å². The Morgan fingerprint density at radius 2 is 0.976 bits per heavy atom. The number of hydrogen-bond acceptors (Lipinski definition) is 4. The average molecular weight is 542 g/mol. The Bertz CT molecular complexity index is 1500. The van der Waals surface area contributed by atoms with Crippen molar-refractivity contribution in [2.45, 2.75) is 38.9 Å². The van der Waals surface area contributed by atoms with Crippen LogP contribution in [0.1, 0.15) is 27.7 Å². The molecule has 5 aromatic carbocycles. The molecule has 0 radical (unpaired) electrons. The SMILES string of the molecule is CC(C)(O)C(C)(C)OB(O)c1ccc(N(c2ccccc2-c2ccccc2)c2ccccc2-c2ccccc2)cc1. The minimum absolute atomic E-state index is 0.610. The Hall–Kier alpha value is -4.16. The van der Waals surface area contributed by atoms with Crippen LogP contribution in [-0.2, 0) is 4.65 Å². The molecule has 41 heavy (non-hydrogen) atoms. The van der Waals surface area contributed by atoms with Crippen molar-refractivity contribution in [2.24, 2.45) is 0 Å². The molecule has 0 heterocycles. The van der Waals surface area contributed by atoms with E-state index < -0.39 is 18.3 Å². The molecule has 0 atom stereocenters. The fourth-order valence-corrected chi connectivity index (χ4v) is 4.75. The van der Waals surface area contributed by atoms with E-state index in [0.29, 0.717) is 5.46 Å². The third kappa shape index (κ3) is 6.13. The molecular formula is C36H36BNO3. The fraction of sp³-hybridized carbons (Fsp3) is 0.167. The molecule has 5 rings (SSSR count). The van der Waals surface area contributed by atoms with E-state index in [1.165, 1.54) is 0 Å². The number of aliphatic hydroxyl groups is 1. The zero-order valence-corrected chi connectivity index (χ0v) is 24.0. The standard InChI is InChI=1S/C36H36BNO3/c1-35(2,39)36(3,4)41-37(40)29-23-25-30(26-24-29)38(33-21-13-11-19-31(33)27-15-7-5-8-16-27)34-22-14-12-20-32(34)28-17-9-6-10-18-28/h5-26,39-40H,1-4H3. The van der Waals surface area contributed by atoms with E-state index in [9.17, 15) is 10.1 Å². The topological polar surface area (TPSA) is 52.9 Å². The molecule has 0 bridgehead atoms. The second kappa shape index (κ2) is 11.8. The Kier molecular flexibility index (Phi) is 8.14. The third-order valence-electron chi connectivity index (χ3n) is 7.78. The molecule has 0 saturated heterocycles. The molecule has 0 aliphatic carbocycles. The maximum atomic E-state index is 10.9. The molecule has 0 saturated carbocycles. The van der Waals surface area contributed by atoms with Crippen LogP contribution in [0.5, 0.6) is 0 Å². The van der Waals surface area contributed by atoms with Gasteiger partial charge >= 0.3 is 7.12 Å². The van der Waals surface area contributed by atoms with Crippen molar-refractivity contribution in [1.82, 2.24) is 0 Å². The molecule has 2 N–H and O–H groups in total. The Morgan fingerprint density at radius 1 is 0.561 bits per heavy atom. The van der Waals surface area contributed by atoms with Gasteiger partial charge in [-0.05, 0) is 68.6 Å². The highest BCUT2D eigenvalue weighted by molar-refractivity contribution is 6.60. The summed E-state index contributed by atoms with van der Waals surface area (Å²) in [6.45, 7) is 6.89. The van der Waals surface area contributed by atoms with Crippen molar-refractivity contribution in [3.63, 3.8) is 0 Å². The van der Waals surface area contributed by atoms with Gasteiger partial charge in [-0.2, -0.15) is 0 Å². The third-order valence-corrected chi connectivity index (χ3v) is 7.78. The highest BCUT2D eigenvalue weighted by Gasteiger charge is 2.39. The van der Waals surface area contributed by atoms with E-state index in [1.54, 1.807) is 27.7 Å². The highest BCUT2D eigenvalue weighted by Crippen LogP contribution is 2.44. The van der Waals surface area contributed by atoms with E-state index in [-0.39, 0.29) is 0 Å². The first-order valence-electron chi connectivity index (χ1n) is 13.9. The second-order valence-corrected chi connectivity index (χ2v) is 11.2. The molecular weight excluding hydrogens is 505 g/mol. The van der Waals surface area contributed by atoms with Gasteiger partial charge in [0, 0.05) is 16.8 Å². The van der Waals surface area contributed by atoms with Crippen LogP contribution >= 0.6 is 0 Å². The summed E-state index contributed by atoms with van der Waals surface area (Å²) in [7, 11) is -1.19. The molecule has 4 nitrogen and oxygen atoms in total.